The predicted octanol–water partition coefficient (Wildman–Crippen LogP) is 5.18. The minimum atomic E-state index is -0.837. The van der Waals surface area contributed by atoms with Gasteiger partial charge in [0.2, 0.25) is 5.88 Å². The number of halogens is 1. The van der Waals surface area contributed by atoms with Crippen LogP contribution in [0.5, 0.6) is 11.6 Å². The molecule has 3 aromatic rings. The Labute approximate surface area is 225 Å². The molecule has 3 N–H and O–H groups in total. The maximum Gasteiger partial charge on any atom is 0.332 e. The first-order valence-corrected chi connectivity index (χ1v) is 12.8. The maximum atomic E-state index is 14.6. The lowest BCUT2D eigenvalue weighted by Crippen LogP contribution is -2.09. The van der Waals surface area contributed by atoms with Crippen LogP contribution in [0.25, 0.3) is 16.7 Å². The Morgan fingerprint density at radius 2 is 2.03 bits per heavy atom. The fourth-order valence-electron chi connectivity index (χ4n) is 4.96. The van der Waals surface area contributed by atoms with Crippen molar-refractivity contribution in [2.75, 3.05) is 13.2 Å². The Morgan fingerprint density at radius 1 is 1.18 bits per heavy atom. The van der Waals surface area contributed by atoms with Gasteiger partial charge in [0.15, 0.2) is 0 Å². The van der Waals surface area contributed by atoms with Crippen molar-refractivity contribution in [1.82, 2.24) is 10.4 Å². The number of benzene rings is 2. The molecule has 2 aliphatic carbocycles. The number of ether oxygens (including phenoxy) is 2. The van der Waals surface area contributed by atoms with E-state index < -0.39 is 5.97 Å². The number of rotatable bonds is 13. The summed E-state index contributed by atoms with van der Waals surface area (Å²) < 4.78 is 26.3. The lowest BCUT2D eigenvalue weighted by molar-refractivity contribution is -0.132. The van der Waals surface area contributed by atoms with Gasteiger partial charge < -0.3 is 25.4 Å². The summed E-state index contributed by atoms with van der Waals surface area (Å²) in [5.74, 6) is 0.0111. The predicted molar refractivity (Wildman–Crippen MR) is 147 cm³/mol. The Kier molecular flexibility index (Phi) is 7.67. The van der Waals surface area contributed by atoms with Crippen LogP contribution in [0.15, 0.2) is 59.2 Å². The summed E-state index contributed by atoms with van der Waals surface area (Å²) in [5, 5.41) is 20.0. The number of carbonyl (C=O) groups is 1. The number of hydrogen-bond acceptors (Lipinski definition) is 7. The number of pyridine rings is 1. The normalized spacial score (nSPS) is 15.2. The third-order valence-corrected chi connectivity index (χ3v) is 6.91. The van der Waals surface area contributed by atoms with Crippen molar-refractivity contribution < 1.29 is 23.8 Å². The zero-order chi connectivity index (χ0) is 27.4. The van der Waals surface area contributed by atoms with E-state index in [1.807, 2.05) is 37.3 Å². The number of carboxylic acid groups (broad SMARTS) is 1. The number of unbranched alkanes of at least 4 members (excludes halogenated alkanes) is 1. The number of nitrogens with one attached hydrogen (secondary N) is 2. The zero-order valence-corrected chi connectivity index (χ0v) is 21.5. The maximum absolute atomic E-state index is 14.6. The van der Waals surface area contributed by atoms with Crippen molar-refractivity contribution in [2.45, 2.75) is 32.8 Å². The Hall–Kier alpha value is -4.53. The van der Waals surface area contributed by atoms with E-state index in [2.05, 4.69) is 15.5 Å². The molecular formula is C30H29FN4O4. The number of fused-ring (bicyclic) bond motifs is 3. The number of carboxylic acids is 1. The molecule has 8 nitrogen and oxygen atoms in total. The largest absolute Gasteiger partial charge is 0.489 e. The van der Waals surface area contributed by atoms with Gasteiger partial charge in [0.05, 0.1) is 12.8 Å². The summed E-state index contributed by atoms with van der Waals surface area (Å²) in [5.41, 5.74) is 9.30. The van der Waals surface area contributed by atoms with Gasteiger partial charge in [-0.25, -0.2) is 14.2 Å². The molecule has 0 amide bonds. The van der Waals surface area contributed by atoms with Crippen LogP contribution in [0.3, 0.4) is 0 Å². The molecule has 0 fully saturated rings. The standard InChI is InChI=1S/C30H29FN4O4/c1-18-23(7-9-27(35-18)38-13-3-2-11-33-34-12-10-32)19-4-8-26(31)21(14-19)17-39-22-5-6-24-20(15-22)16-25-28(24)29(25)30(36)37/h4-10,12,14-15,25,32-33H,2-3,11,13,16-17H2,1H3,(H,36,37)/b32-10?,34-12-/t25-/m1/s1. The van der Waals surface area contributed by atoms with Crippen LogP contribution in [0.1, 0.15) is 35.2 Å². The number of aliphatic carboxylic acids is 1. The van der Waals surface area contributed by atoms with Crippen molar-refractivity contribution in [1.29, 1.82) is 5.41 Å². The average molecular weight is 529 g/mol. The van der Waals surface area contributed by atoms with E-state index in [0.29, 0.717) is 42.3 Å². The van der Waals surface area contributed by atoms with Crippen LogP contribution < -0.4 is 14.9 Å². The van der Waals surface area contributed by atoms with Gasteiger partial charge in [-0.05, 0) is 78.8 Å². The second-order valence-electron chi connectivity index (χ2n) is 9.49. The van der Waals surface area contributed by atoms with E-state index in [0.717, 1.165) is 52.6 Å². The molecule has 1 aromatic heterocycles. The van der Waals surface area contributed by atoms with Gasteiger partial charge in [0, 0.05) is 47.1 Å². The van der Waals surface area contributed by atoms with E-state index in [1.165, 1.54) is 12.3 Å². The second kappa shape index (κ2) is 11.5. The SMILES string of the molecule is Cc1nc(OCCCCN/N=C\C=N)ccc1-c1ccc(F)c(COc2ccc3c(c2)C[C@H]2C(C(=O)O)=C32)c1. The van der Waals surface area contributed by atoms with Gasteiger partial charge in [-0.1, -0.05) is 12.1 Å². The molecule has 0 radical (unpaired) electrons. The molecule has 5 rings (SSSR count). The number of aryl methyl sites for hydroxylation is 1. The quantitative estimate of drug-likeness (QED) is 0.160. The molecule has 1 atom stereocenters. The molecule has 0 saturated heterocycles. The van der Waals surface area contributed by atoms with Crippen LogP contribution in [0.4, 0.5) is 4.39 Å². The molecule has 2 aromatic carbocycles. The van der Waals surface area contributed by atoms with Crippen molar-refractivity contribution in [3.63, 3.8) is 0 Å². The second-order valence-corrected chi connectivity index (χ2v) is 9.49. The topological polar surface area (TPSA) is 117 Å². The van der Waals surface area contributed by atoms with E-state index in [1.54, 1.807) is 12.1 Å². The molecule has 0 saturated carbocycles. The van der Waals surface area contributed by atoms with Gasteiger partial charge >= 0.3 is 5.97 Å². The number of nitrogens with zero attached hydrogens (tertiary/aromatic N) is 2. The minimum absolute atomic E-state index is 0.0247. The summed E-state index contributed by atoms with van der Waals surface area (Å²) in [6.45, 7) is 3.20. The average Bonchev–Trinajstić information content (AvgIpc) is 3.52. The van der Waals surface area contributed by atoms with Gasteiger partial charge in [0.25, 0.3) is 0 Å². The number of allylic oxidation sites excluding steroid dienone is 1. The van der Waals surface area contributed by atoms with Crippen molar-refractivity contribution in [3.05, 3.63) is 82.3 Å². The van der Waals surface area contributed by atoms with Crippen molar-refractivity contribution in [3.8, 4) is 22.8 Å². The third-order valence-electron chi connectivity index (χ3n) is 6.91. The van der Waals surface area contributed by atoms with Gasteiger partial charge in [0.1, 0.15) is 18.2 Å². The molecular weight excluding hydrogens is 499 g/mol. The summed E-state index contributed by atoms with van der Waals surface area (Å²) in [6.07, 6.45) is 4.89. The first-order chi connectivity index (χ1) is 19.0. The van der Waals surface area contributed by atoms with Gasteiger partial charge in [-0.3, -0.25) is 0 Å². The van der Waals surface area contributed by atoms with Crippen LogP contribution in [-0.2, 0) is 17.8 Å². The van der Waals surface area contributed by atoms with Crippen LogP contribution in [-0.4, -0.2) is 41.6 Å². The number of hydrazone groups is 1. The highest BCUT2D eigenvalue weighted by atomic mass is 19.1. The lowest BCUT2D eigenvalue weighted by Gasteiger charge is -2.13. The summed E-state index contributed by atoms with van der Waals surface area (Å²) in [7, 11) is 0. The number of hydrogen-bond donors (Lipinski definition) is 3. The highest BCUT2D eigenvalue weighted by Gasteiger charge is 2.47. The first-order valence-electron chi connectivity index (χ1n) is 12.8. The molecule has 0 spiro atoms. The molecule has 1 heterocycles. The van der Waals surface area contributed by atoms with E-state index in [-0.39, 0.29) is 18.3 Å². The van der Waals surface area contributed by atoms with Crippen LogP contribution in [0.2, 0.25) is 0 Å². The monoisotopic (exact) mass is 528 g/mol. The van der Waals surface area contributed by atoms with E-state index in [4.69, 9.17) is 14.9 Å². The Morgan fingerprint density at radius 3 is 2.82 bits per heavy atom. The fraction of sp³-hybridized carbons (Fsp3) is 0.267. The van der Waals surface area contributed by atoms with Crippen LogP contribution in [0, 0.1) is 24.1 Å². The molecule has 2 aliphatic rings. The van der Waals surface area contributed by atoms with Crippen LogP contribution >= 0.6 is 0 Å². The molecule has 9 heteroatoms. The first kappa shape index (κ1) is 26.1. The summed E-state index contributed by atoms with van der Waals surface area (Å²) in [6, 6.07) is 14.3. The molecule has 0 aliphatic heterocycles. The smallest absolute Gasteiger partial charge is 0.332 e. The van der Waals surface area contributed by atoms with E-state index in [9.17, 15) is 14.3 Å². The fourth-order valence-corrected chi connectivity index (χ4v) is 4.96. The Balaban J connectivity index is 1.18. The zero-order valence-electron chi connectivity index (χ0n) is 21.5. The van der Waals surface area contributed by atoms with E-state index >= 15 is 0 Å². The molecule has 200 valence electrons. The summed E-state index contributed by atoms with van der Waals surface area (Å²) in [4.78, 5) is 15.8. The molecule has 0 unspecified atom stereocenters. The van der Waals surface area contributed by atoms with Crippen molar-refractivity contribution >= 4 is 24.0 Å². The highest BCUT2D eigenvalue weighted by molar-refractivity contribution is 6.14. The third kappa shape index (κ3) is 5.82. The summed E-state index contributed by atoms with van der Waals surface area (Å²) >= 11 is 0. The Bertz CT molecular complexity index is 1480. The van der Waals surface area contributed by atoms with Gasteiger partial charge in [-0.15, -0.1) is 0 Å². The number of aromatic nitrogens is 1. The lowest BCUT2D eigenvalue weighted by atomic mass is 10.0. The minimum Gasteiger partial charge on any atom is -0.489 e. The molecule has 39 heavy (non-hydrogen) atoms. The van der Waals surface area contributed by atoms with Gasteiger partial charge in [-0.2, -0.15) is 5.10 Å². The highest BCUT2D eigenvalue weighted by Crippen LogP contribution is 2.55. The van der Waals surface area contributed by atoms with Crippen molar-refractivity contribution in [2.24, 2.45) is 11.0 Å². The molecule has 0 bridgehead atoms.